The van der Waals surface area contributed by atoms with Gasteiger partial charge in [-0.1, -0.05) is 11.6 Å². The van der Waals surface area contributed by atoms with Crippen LogP contribution in [0.3, 0.4) is 0 Å². The van der Waals surface area contributed by atoms with Crippen molar-refractivity contribution in [2.75, 3.05) is 5.32 Å². The van der Waals surface area contributed by atoms with Gasteiger partial charge in [-0.25, -0.2) is 0 Å². The van der Waals surface area contributed by atoms with E-state index in [1.807, 2.05) is 18.2 Å². The zero-order valence-electron chi connectivity index (χ0n) is 9.31. The Morgan fingerprint density at radius 1 is 0.889 bits per heavy atom. The molecule has 0 spiro atoms. The van der Waals surface area contributed by atoms with E-state index in [4.69, 9.17) is 22.1 Å². The second-order valence-corrected chi connectivity index (χ2v) is 4.03. The Morgan fingerprint density at radius 2 is 1.56 bits per heavy atom. The average Bonchev–Trinajstić information content (AvgIpc) is 2.40. The Hall–Kier alpha value is -2.49. The maximum Gasteiger partial charge on any atom is 0.101 e. The Bertz CT molecular complexity index is 648. The van der Waals surface area contributed by atoms with Gasteiger partial charge < -0.3 is 5.32 Å². The molecule has 0 aliphatic heterocycles. The van der Waals surface area contributed by atoms with E-state index in [2.05, 4.69) is 11.4 Å². The Balaban J connectivity index is 2.21. The van der Waals surface area contributed by atoms with Crippen LogP contribution in [0.15, 0.2) is 42.5 Å². The van der Waals surface area contributed by atoms with Crippen molar-refractivity contribution in [2.45, 2.75) is 0 Å². The first-order valence-corrected chi connectivity index (χ1v) is 5.57. The zero-order chi connectivity index (χ0) is 13.0. The van der Waals surface area contributed by atoms with Gasteiger partial charge in [0.2, 0.25) is 0 Å². The zero-order valence-corrected chi connectivity index (χ0v) is 10.1. The molecule has 0 heterocycles. The second-order valence-electron chi connectivity index (χ2n) is 3.62. The van der Waals surface area contributed by atoms with E-state index >= 15 is 0 Å². The Kier molecular flexibility index (Phi) is 3.48. The summed E-state index contributed by atoms with van der Waals surface area (Å²) in [6.07, 6.45) is 0. The molecule has 0 aliphatic rings. The number of benzene rings is 2. The van der Waals surface area contributed by atoms with Crippen LogP contribution in [0.1, 0.15) is 11.1 Å². The lowest BCUT2D eigenvalue weighted by atomic mass is 10.2. The lowest BCUT2D eigenvalue weighted by molar-refractivity contribution is 1.46. The standard InChI is InChI=1S/C14H8ClN3/c15-14-7-13(6-3-11(14)9-17)18-12-4-1-10(8-16)2-5-12/h1-7,18H. The fourth-order valence-corrected chi connectivity index (χ4v) is 1.70. The van der Waals surface area contributed by atoms with Crippen LogP contribution in [0.2, 0.25) is 5.02 Å². The normalized spacial score (nSPS) is 9.28. The van der Waals surface area contributed by atoms with Crippen molar-refractivity contribution in [1.29, 1.82) is 10.5 Å². The Morgan fingerprint density at radius 3 is 2.11 bits per heavy atom. The third kappa shape index (κ3) is 2.60. The summed E-state index contributed by atoms with van der Waals surface area (Å²) in [5.74, 6) is 0. The molecule has 0 fully saturated rings. The molecule has 0 aliphatic carbocycles. The van der Waals surface area contributed by atoms with Crippen molar-refractivity contribution in [3.8, 4) is 12.1 Å². The molecular formula is C14H8ClN3. The summed E-state index contributed by atoms with van der Waals surface area (Å²) in [5, 5.41) is 21.0. The van der Waals surface area contributed by atoms with Gasteiger partial charge in [0, 0.05) is 11.4 Å². The monoisotopic (exact) mass is 253 g/mol. The smallest absolute Gasteiger partial charge is 0.101 e. The van der Waals surface area contributed by atoms with Gasteiger partial charge in [0.25, 0.3) is 0 Å². The van der Waals surface area contributed by atoms with Crippen LogP contribution in [0.25, 0.3) is 0 Å². The maximum atomic E-state index is 8.77. The van der Waals surface area contributed by atoms with Gasteiger partial charge in [0.1, 0.15) is 6.07 Å². The summed E-state index contributed by atoms with van der Waals surface area (Å²) in [6, 6.07) is 16.3. The lowest BCUT2D eigenvalue weighted by Crippen LogP contribution is -1.91. The van der Waals surface area contributed by atoms with Gasteiger partial charge in [-0.3, -0.25) is 0 Å². The molecule has 0 radical (unpaired) electrons. The van der Waals surface area contributed by atoms with E-state index in [1.165, 1.54) is 0 Å². The first kappa shape index (κ1) is 12.0. The summed E-state index contributed by atoms with van der Waals surface area (Å²) < 4.78 is 0. The highest BCUT2D eigenvalue weighted by molar-refractivity contribution is 6.32. The van der Waals surface area contributed by atoms with Crippen LogP contribution in [0, 0.1) is 22.7 Å². The summed E-state index contributed by atoms with van der Waals surface area (Å²) in [6.45, 7) is 0. The highest BCUT2D eigenvalue weighted by atomic mass is 35.5. The molecule has 3 nitrogen and oxygen atoms in total. The molecule has 2 aromatic carbocycles. The minimum absolute atomic E-state index is 0.413. The first-order valence-electron chi connectivity index (χ1n) is 5.20. The first-order chi connectivity index (χ1) is 8.72. The molecule has 0 amide bonds. The molecule has 0 saturated carbocycles. The minimum Gasteiger partial charge on any atom is -0.355 e. The molecule has 1 N–H and O–H groups in total. The molecular weight excluding hydrogens is 246 g/mol. The van der Waals surface area contributed by atoms with Crippen LogP contribution in [-0.2, 0) is 0 Å². The van der Waals surface area contributed by atoms with Gasteiger partial charge in [-0.05, 0) is 42.5 Å². The van der Waals surface area contributed by atoms with E-state index < -0.39 is 0 Å². The molecule has 0 atom stereocenters. The van der Waals surface area contributed by atoms with Crippen molar-refractivity contribution in [3.05, 3.63) is 58.6 Å². The molecule has 0 aromatic heterocycles. The number of nitrogens with zero attached hydrogens (tertiary/aromatic N) is 2. The van der Waals surface area contributed by atoms with Crippen LogP contribution >= 0.6 is 11.6 Å². The topological polar surface area (TPSA) is 59.6 Å². The molecule has 18 heavy (non-hydrogen) atoms. The summed E-state index contributed by atoms with van der Waals surface area (Å²) in [4.78, 5) is 0. The van der Waals surface area contributed by atoms with E-state index in [1.54, 1.807) is 30.3 Å². The fourth-order valence-electron chi connectivity index (χ4n) is 1.48. The van der Waals surface area contributed by atoms with Crippen LogP contribution < -0.4 is 5.32 Å². The SMILES string of the molecule is N#Cc1ccc(Nc2ccc(C#N)c(Cl)c2)cc1. The average molecular weight is 254 g/mol. The van der Waals surface area contributed by atoms with Gasteiger partial charge >= 0.3 is 0 Å². The molecule has 0 saturated heterocycles. The number of hydrogen-bond acceptors (Lipinski definition) is 3. The number of hydrogen-bond donors (Lipinski definition) is 1. The number of rotatable bonds is 2. The number of anilines is 2. The molecule has 2 aromatic rings. The largest absolute Gasteiger partial charge is 0.355 e. The molecule has 2 rings (SSSR count). The van der Waals surface area contributed by atoms with Crippen molar-refractivity contribution in [3.63, 3.8) is 0 Å². The highest BCUT2D eigenvalue weighted by Gasteiger charge is 2.01. The molecule has 86 valence electrons. The number of nitriles is 2. The predicted molar refractivity (Wildman–Crippen MR) is 70.6 cm³/mol. The summed E-state index contributed by atoms with van der Waals surface area (Å²) in [7, 11) is 0. The third-order valence-electron chi connectivity index (χ3n) is 2.39. The van der Waals surface area contributed by atoms with Gasteiger partial charge in [-0.15, -0.1) is 0 Å². The van der Waals surface area contributed by atoms with Gasteiger partial charge in [0.05, 0.1) is 22.2 Å². The second kappa shape index (κ2) is 5.23. The van der Waals surface area contributed by atoms with Crippen molar-refractivity contribution in [2.24, 2.45) is 0 Å². The Labute approximate surface area is 110 Å². The number of halogens is 1. The van der Waals surface area contributed by atoms with E-state index in [9.17, 15) is 0 Å². The van der Waals surface area contributed by atoms with Crippen LogP contribution in [0.4, 0.5) is 11.4 Å². The van der Waals surface area contributed by atoms with E-state index in [-0.39, 0.29) is 0 Å². The number of nitrogens with one attached hydrogen (secondary N) is 1. The third-order valence-corrected chi connectivity index (χ3v) is 2.70. The fraction of sp³-hybridized carbons (Fsp3) is 0. The van der Waals surface area contributed by atoms with Gasteiger partial charge in [-0.2, -0.15) is 10.5 Å². The predicted octanol–water partition coefficient (Wildman–Crippen LogP) is 3.83. The van der Waals surface area contributed by atoms with Crippen LogP contribution in [0.5, 0.6) is 0 Å². The van der Waals surface area contributed by atoms with Crippen molar-refractivity contribution in [1.82, 2.24) is 0 Å². The van der Waals surface area contributed by atoms with Crippen LogP contribution in [-0.4, -0.2) is 0 Å². The highest BCUT2D eigenvalue weighted by Crippen LogP contribution is 2.23. The molecule has 4 heteroatoms. The quantitative estimate of drug-likeness (QED) is 0.885. The van der Waals surface area contributed by atoms with E-state index in [0.717, 1.165) is 11.4 Å². The van der Waals surface area contributed by atoms with Crippen molar-refractivity contribution < 1.29 is 0 Å². The minimum atomic E-state index is 0.413. The summed E-state index contributed by atoms with van der Waals surface area (Å²) in [5.41, 5.74) is 2.71. The van der Waals surface area contributed by atoms with Gasteiger partial charge in [0.15, 0.2) is 0 Å². The molecule has 0 unspecified atom stereocenters. The van der Waals surface area contributed by atoms with E-state index in [0.29, 0.717) is 16.1 Å². The maximum absolute atomic E-state index is 8.77. The summed E-state index contributed by atoms with van der Waals surface area (Å²) >= 11 is 5.94. The van der Waals surface area contributed by atoms with Crippen molar-refractivity contribution >= 4 is 23.0 Å². The lowest BCUT2D eigenvalue weighted by Gasteiger charge is -2.07. The molecule has 0 bridgehead atoms.